The van der Waals surface area contributed by atoms with Gasteiger partial charge in [-0.25, -0.2) is 9.59 Å². The number of rotatable bonds is 19. The van der Waals surface area contributed by atoms with Crippen molar-refractivity contribution in [2.75, 3.05) is 18.8 Å². The SMILES string of the molecule is CC/C=C(\C)[C@@H](O[Si](C)(C)C(C)(C)C)[C@@H](C)[C@H](C/C=C(\C)C(=O)O[C@@H](C(=O)OCC(=O)c1ccccc1)[C@@H](C)CC)OCSC. The van der Waals surface area contributed by atoms with Gasteiger partial charge in [0, 0.05) is 23.0 Å². The van der Waals surface area contributed by atoms with Crippen LogP contribution in [0.25, 0.3) is 0 Å². The molecule has 0 saturated carbocycles. The lowest BCUT2D eigenvalue weighted by Gasteiger charge is -2.42. The van der Waals surface area contributed by atoms with E-state index in [0.717, 1.165) is 6.42 Å². The summed E-state index contributed by atoms with van der Waals surface area (Å²) in [6, 6.07) is 8.63. The highest BCUT2D eigenvalue weighted by molar-refractivity contribution is 7.98. The summed E-state index contributed by atoms with van der Waals surface area (Å²) < 4.78 is 24.3. The summed E-state index contributed by atoms with van der Waals surface area (Å²) in [4.78, 5) is 38.7. The highest BCUT2D eigenvalue weighted by Gasteiger charge is 2.42. The minimum atomic E-state index is -2.10. The number of benzene rings is 1. The van der Waals surface area contributed by atoms with Crippen LogP contribution in [0.1, 0.15) is 91.9 Å². The minimum Gasteiger partial charge on any atom is -0.455 e. The van der Waals surface area contributed by atoms with Gasteiger partial charge in [0.25, 0.3) is 0 Å². The summed E-state index contributed by atoms with van der Waals surface area (Å²) in [5.74, 6) is -1.41. The Kier molecular flexibility index (Phi) is 17.6. The second kappa shape index (κ2) is 19.5. The second-order valence-corrected chi connectivity index (χ2v) is 18.9. The first-order valence-electron chi connectivity index (χ1n) is 16.1. The van der Waals surface area contributed by atoms with E-state index in [4.69, 9.17) is 18.6 Å². The van der Waals surface area contributed by atoms with Crippen LogP contribution in [-0.4, -0.2) is 63.2 Å². The molecule has 0 radical (unpaired) electrons. The van der Waals surface area contributed by atoms with Crippen molar-refractivity contribution in [3.05, 3.63) is 59.2 Å². The molecule has 0 spiro atoms. The molecule has 254 valence electrons. The predicted octanol–water partition coefficient (Wildman–Crippen LogP) is 8.80. The Balaban J connectivity index is 3.13. The summed E-state index contributed by atoms with van der Waals surface area (Å²) in [6.45, 7) is 22.6. The maximum atomic E-state index is 13.2. The van der Waals surface area contributed by atoms with Gasteiger partial charge in [-0.2, -0.15) is 0 Å². The lowest BCUT2D eigenvalue weighted by molar-refractivity contribution is -0.168. The van der Waals surface area contributed by atoms with Crippen LogP contribution in [0, 0.1) is 11.8 Å². The van der Waals surface area contributed by atoms with Gasteiger partial charge in [0.15, 0.2) is 20.7 Å². The number of carbonyl (C=O) groups excluding carboxylic acids is 3. The normalized spacial score (nSPS) is 16.4. The first kappa shape index (κ1) is 40.8. The molecule has 1 aromatic carbocycles. The number of ketones is 1. The van der Waals surface area contributed by atoms with E-state index in [0.29, 0.717) is 29.9 Å². The predicted molar refractivity (Wildman–Crippen MR) is 188 cm³/mol. The lowest BCUT2D eigenvalue weighted by atomic mass is 9.90. The average molecular weight is 663 g/mol. The zero-order valence-corrected chi connectivity index (χ0v) is 31.5. The van der Waals surface area contributed by atoms with Crippen LogP contribution in [-0.2, 0) is 28.2 Å². The number of esters is 2. The molecule has 0 fully saturated rings. The van der Waals surface area contributed by atoms with Crippen molar-refractivity contribution in [1.29, 1.82) is 0 Å². The number of thioether (sulfide) groups is 1. The maximum absolute atomic E-state index is 13.2. The smallest absolute Gasteiger partial charge is 0.348 e. The van der Waals surface area contributed by atoms with Gasteiger partial charge in [0.1, 0.15) is 0 Å². The molecule has 7 nitrogen and oxygen atoms in total. The van der Waals surface area contributed by atoms with Crippen LogP contribution in [0.15, 0.2) is 53.6 Å². The van der Waals surface area contributed by atoms with Crippen molar-refractivity contribution < 1.29 is 33.0 Å². The van der Waals surface area contributed by atoms with Gasteiger partial charge < -0.3 is 18.6 Å². The minimum absolute atomic E-state index is 0.0131. The molecule has 0 saturated heterocycles. The molecule has 5 atom stereocenters. The highest BCUT2D eigenvalue weighted by atomic mass is 32.2. The molecular weight excluding hydrogens is 605 g/mol. The Morgan fingerprint density at radius 1 is 0.978 bits per heavy atom. The quantitative estimate of drug-likeness (QED) is 0.0363. The van der Waals surface area contributed by atoms with Crippen molar-refractivity contribution in [2.45, 2.75) is 118 Å². The van der Waals surface area contributed by atoms with Gasteiger partial charge in [-0.05, 0) is 63.1 Å². The summed E-state index contributed by atoms with van der Waals surface area (Å²) >= 11 is 1.60. The molecule has 0 aliphatic carbocycles. The van der Waals surface area contributed by atoms with E-state index < -0.39 is 33.0 Å². The van der Waals surface area contributed by atoms with Crippen molar-refractivity contribution in [3.8, 4) is 0 Å². The Labute approximate surface area is 278 Å². The monoisotopic (exact) mass is 662 g/mol. The Morgan fingerprint density at radius 2 is 1.60 bits per heavy atom. The van der Waals surface area contributed by atoms with Crippen LogP contribution >= 0.6 is 11.8 Å². The van der Waals surface area contributed by atoms with Crippen molar-refractivity contribution in [1.82, 2.24) is 0 Å². The highest BCUT2D eigenvalue weighted by Crippen LogP contribution is 2.40. The fourth-order valence-electron chi connectivity index (χ4n) is 4.45. The number of hydrogen-bond donors (Lipinski definition) is 0. The third-order valence-corrected chi connectivity index (χ3v) is 13.5. The van der Waals surface area contributed by atoms with E-state index in [1.807, 2.05) is 26.2 Å². The fourth-order valence-corrected chi connectivity index (χ4v) is 6.15. The number of carbonyl (C=O) groups is 3. The Bertz CT molecular complexity index is 1140. The van der Waals surface area contributed by atoms with E-state index in [1.165, 1.54) is 5.57 Å². The molecule has 45 heavy (non-hydrogen) atoms. The molecule has 0 unspecified atom stereocenters. The van der Waals surface area contributed by atoms with Gasteiger partial charge in [-0.1, -0.05) is 91.0 Å². The van der Waals surface area contributed by atoms with Gasteiger partial charge in [-0.3, -0.25) is 4.79 Å². The molecule has 0 bridgehead atoms. The summed E-state index contributed by atoms with van der Waals surface area (Å²) in [5.41, 5.74) is 2.02. The van der Waals surface area contributed by atoms with Gasteiger partial charge >= 0.3 is 11.9 Å². The van der Waals surface area contributed by atoms with E-state index in [1.54, 1.807) is 49.0 Å². The number of ether oxygens (including phenoxy) is 3. The number of allylic oxidation sites excluding steroid dienone is 1. The van der Waals surface area contributed by atoms with Crippen LogP contribution in [0.4, 0.5) is 0 Å². The number of Topliss-reactive ketones (excluding diaryl/α,β-unsaturated/α-hetero) is 1. The molecule has 1 rings (SSSR count). The first-order valence-corrected chi connectivity index (χ1v) is 20.4. The van der Waals surface area contributed by atoms with E-state index in [9.17, 15) is 14.4 Å². The van der Waals surface area contributed by atoms with E-state index in [-0.39, 0.29) is 34.9 Å². The summed E-state index contributed by atoms with van der Waals surface area (Å²) in [6.07, 6.45) is 6.56. The molecule has 0 aliphatic rings. The average Bonchev–Trinajstić information content (AvgIpc) is 3.00. The molecule has 0 aliphatic heterocycles. The molecule has 0 amide bonds. The van der Waals surface area contributed by atoms with Crippen molar-refractivity contribution >= 4 is 37.8 Å². The van der Waals surface area contributed by atoms with Gasteiger partial charge in [0.2, 0.25) is 6.10 Å². The third kappa shape index (κ3) is 13.2. The first-order chi connectivity index (χ1) is 21.0. The number of hydrogen-bond acceptors (Lipinski definition) is 8. The van der Waals surface area contributed by atoms with Crippen LogP contribution in [0.3, 0.4) is 0 Å². The Hall–Kier alpha value is -2.20. The molecular formula is C36H58O7SSi. The molecule has 0 aromatic heterocycles. The third-order valence-electron chi connectivity index (χ3n) is 8.71. The Morgan fingerprint density at radius 3 is 2.13 bits per heavy atom. The zero-order valence-electron chi connectivity index (χ0n) is 29.7. The van der Waals surface area contributed by atoms with Crippen LogP contribution in [0.5, 0.6) is 0 Å². The van der Waals surface area contributed by atoms with Crippen molar-refractivity contribution in [2.24, 2.45) is 11.8 Å². The molecule has 1 aromatic rings. The zero-order chi connectivity index (χ0) is 34.4. The lowest BCUT2D eigenvalue weighted by Crippen LogP contribution is -2.47. The molecule has 9 heteroatoms. The van der Waals surface area contributed by atoms with Gasteiger partial charge in [0.05, 0.1) is 18.1 Å². The molecule has 0 heterocycles. The standard InChI is InChI=1S/C36H58O7SSi/c1-13-18-26(4)32(43-45(11,12)36(7,8)9)28(6)31(41-24-44-10)22-21-27(5)34(38)42-33(25(3)14-2)35(39)40-23-30(37)29-19-16-15-17-20-29/h15-21,25,28,31-33H,13-14,22-24H2,1-12H3/b26-18+,27-21+/t25-,28-,31-,32+,33+/m0/s1. The van der Waals surface area contributed by atoms with Crippen LogP contribution in [0.2, 0.25) is 18.1 Å². The van der Waals surface area contributed by atoms with E-state index in [2.05, 4.69) is 60.7 Å². The topological polar surface area (TPSA) is 88.1 Å². The fraction of sp³-hybridized carbons (Fsp3) is 0.639. The second-order valence-electron chi connectivity index (χ2n) is 13.4. The summed E-state index contributed by atoms with van der Waals surface area (Å²) in [7, 11) is -2.10. The largest absolute Gasteiger partial charge is 0.455 e. The summed E-state index contributed by atoms with van der Waals surface area (Å²) in [5, 5.41) is 0.0511. The van der Waals surface area contributed by atoms with Gasteiger partial charge in [-0.15, -0.1) is 11.8 Å². The van der Waals surface area contributed by atoms with Crippen LogP contribution < -0.4 is 0 Å². The van der Waals surface area contributed by atoms with E-state index >= 15 is 0 Å². The maximum Gasteiger partial charge on any atom is 0.348 e. The molecule has 0 N–H and O–H groups in total. The van der Waals surface area contributed by atoms with Crippen molar-refractivity contribution in [3.63, 3.8) is 0 Å².